The minimum Gasteiger partial charge on any atom is -0.310 e. The van der Waals surface area contributed by atoms with Crippen LogP contribution in [0, 0.1) is 27.7 Å². The smallest absolute Gasteiger partial charge is 0.257 e. The van der Waals surface area contributed by atoms with Gasteiger partial charge in [0, 0.05) is 41.3 Å². The summed E-state index contributed by atoms with van der Waals surface area (Å²) in [5.41, 5.74) is 1.93. The molecule has 1 aliphatic heterocycles. The molecule has 3 aromatic heterocycles. The third kappa shape index (κ3) is 3.56. The van der Waals surface area contributed by atoms with Crippen molar-refractivity contribution in [2.24, 2.45) is 0 Å². The number of anilines is 1. The molecule has 4 heterocycles. The highest BCUT2D eigenvalue weighted by atomic mass is 32.2. The van der Waals surface area contributed by atoms with E-state index in [2.05, 4.69) is 25.4 Å². The zero-order chi connectivity index (χ0) is 21.6. The predicted molar refractivity (Wildman–Crippen MR) is 112 cm³/mol. The van der Waals surface area contributed by atoms with Crippen molar-refractivity contribution < 1.29 is 4.79 Å². The average Bonchev–Trinajstić information content (AvgIpc) is 3.26. The van der Waals surface area contributed by atoms with E-state index in [4.69, 9.17) is 0 Å². The fourth-order valence-corrected chi connectivity index (χ4v) is 4.37. The topological polar surface area (TPSA) is 128 Å². The molecule has 0 fully saturated rings. The van der Waals surface area contributed by atoms with E-state index in [0.29, 0.717) is 39.2 Å². The van der Waals surface area contributed by atoms with E-state index in [1.54, 1.807) is 44.5 Å². The number of rotatable bonds is 4. The molecule has 2 N–H and O–H groups in total. The molecule has 30 heavy (non-hydrogen) atoms. The molecule has 0 aromatic carbocycles. The summed E-state index contributed by atoms with van der Waals surface area (Å²) in [5, 5.41) is 7.79. The molecule has 11 heteroatoms. The van der Waals surface area contributed by atoms with E-state index in [0.717, 1.165) is 0 Å². The van der Waals surface area contributed by atoms with Gasteiger partial charge in [-0.05, 0) is 27.7 Å². The molecule has 1 aliphatic rings. The second kappa shape index (κ2) is 7.56. The molecule has 0 aliphatic carbocycles. The number of aryl methyl sites for hydroxylation is 3. The highest BCUT2D eigenvalue weighted by molar-refractivity contribution is 7.99. The average molecular weight is 427 g/mol. The van der Waals surface area contributed by atoms with E-state index in [1.165, 1.54) is 16.4 Å². The molecule has 0 bridgehead atoms. The van der Waals surface area contributed by atoms with Crippen molar-refractivity contribution in [2.75, 3.05) is 11.1 Å². The van der Waals surface area contributed by atoms with Crippen molar-refractivity contribution in [3.05, 3.63) is 55.5 Å². The first-order valence-electron chi connectivity index (χ1n) is 9.40. The van der Waals surface area contributed by atoms with Crippen LogP contribution in [0.2, 0.25) is 0 Å². The first kappa shape index (κ1) is 20.1. The van der Waals surface area contributed by atoms with Crippen LogP contribution in [0.5, 0.6) is 0 Å². The molecule has 4 rings (SSSR count). The summed E-state index contributed by atoms with van der Waals surface area (Å²) in [5.74, 6) is 0.951. The molecule has 1 atom stereocenters. The van der Waals surface area contributed by atoms with Crippen LogP contribution in [0.15, 0.2) is 27.0 Å². The van der Waals surface area contributed by atoms with Gasteiger partial charge in [-0.2, -0.15) is 9.78 Å². The van der Waals surface area contributed by atoms with Gasteiger partial charge < -0.3 is 5.32 Å². The Morgan fingerprint density at radius 2 is 2.07 bits per heavy atom. The summed E-state index contributed by atoms with van der Waals surface area (Å²) in [7, 11) is 0. The SMILES string of the molecule is Cc1cc(NC(=O)CC2CSc3ncc(C)c(=O)n32)n(-c2nc(C)c(C)c(=O)[nH]2)n1. The number of thioether (sulfide) groups is 1. The Hall–Kier alpha value is -3.21. The van der Waals surface area contributed by atoms with Gasteiger partial charge in [0.05, 0.1) is 11.7 Å². The minimum atomic E-state index is -0.276. The quantitative estimate of drug-likeness (QED) is 0.603. The summed E-state index contributed by atoms with van der Waals surface area (Å²) in [6, 6.07) is 1.42. The number of carbonyl (C=O) groups excluding carboxylic acids is 1. The summed E-state index contributed by atoms with van der Waals surface area (Å²) in [6.45, 7) is 6.92. The van der Waals surface area contributed by atoms with Crippen molar-refractivity contribution in [3.63, 3.8) is 0 Å². The van der Waals surface area contributed by atoms with Gasteiger partial charge in [0.2, 0.25) is 11.9 Å². The standard InChI is InChI=1S/C19H21N7O3S/c1-9-7-20-19-25(17(9)29)13(8-30-19)6-15(27)22-14-5-10(2)24-26(14)18-21-12(4)11(3)16(28)23-18/h5,7,13H,6,8H2,1-4H3,(H,22,27)(H,21,23,28). The van der Waals surface area contributed by atoms with Crippen molar-refractivity contribution in [2.45, 2.75) is 45.3 Å². The maximum Gasteiger partial charge on any atom is 0.257 e. The van der Waals surface area contributed by atoms with E-state index in [-0.39, 0.29) is 35.4 Å². The van der Waals surface area contributed by atoms with Crippen LogP contribution < -0.4 is 16.4 Å². The maximum absolute atomic E-state index is 12.8. The molecule has 1 unspecified atom stereocenters. The number of nitrogens with zero attached hydrogens (tertiary/aromatic N) is 5. The van der Waals surface area contributed by atoms with E-state index >= 15 is 0 Å². The number of hydrogen-bond donors (Lipinski definition) is 2. The molecule has 0 saturated carbocycles. The van der Waals surface area contributed by atoms with Gasteiger partial charge in [-0.1, -0.05) is 11.8 Å². The number of carbonyl (C=O) groups is 1. The second-order valence-electron chi connectivity index (χ2n) is 7.30. The highest BCUT2D eigenvalue weighted by Crippen LogP contribution is 2.32. The summed E-state index contributed by atoms with van der Waals surface area (Å²) >= 11 is 1.46. The lowest BCUT2D eigenvalue weighted by Gasteiger charge is -2.14. The van der Waals surface area contributed by atoms with Crippen LogP contribution in [0.3, 0.4) is 0 Å². The number of amides is 1. The molecule has 1 amide bonds. The van der Waals surface area contributed by atoms with Crippen LogP contribution in [-0.2, 0) is 4.79 Å². The van der Waals surface area contributed by atoms with Gasteiger partial charge in [0.25, 0.3) is 11.1 Å². The number of fused-ring (bicyclic) bond motifs is 1. The van der Waals surface area contributed by atoms with Gasteiger partial charge in [0.15, 0.2) is 5.16 Å². The van der Waals surface area contributed by atoms with Gasteiger partial charge in [-0.25, -0.2) is 9.97 Å². The Labute approximate surface area is 175 Å². The van der Waals surface area contributed by atoms with Gasteiger partial charge in [0.1, 0.15) is 5.82 Å². The number of aromatic amines is 1. The number of hydrogen-bond acceptors (Lipinski definition) is 7. The molecule has 3 aromatic rings. The Balaban J connectivity index is 1.59. The van der Waals surface area contributed by atoms with Crippen molar-refractivity contribution in [3.8, 4) is 5.95 Å². The third-order valence-electron chi connectivity index (χ3n) is 5.00. The lowest BCUT2D eigenvalue weighted by atomic mass is 10.2. The largest absolute Gasteiger partial charge is 0.310 e. The van der Waals surface area contributed by atoms with Gasteiger partial charge >= 0.3 is 0 Å². The Morgan fingerprint density at radius 1 is 1.30 bits per heavy atom. The van der Waals surface area contributed by atoms with E-state index in [1.807, 2.05) is 0 Å². The van der Waals surface area contributed by atoms with E-state index in [9.17, 15) is 14.4 Å². The lowest BCUT2D eigenvalue weighted by Crippen LogP contribution is -2.29. The molecule has 10 nitrogen and oxygen atoms in total. The minimum absolute atomic E-state index is 0.117. The first-order valence-corrected chi connectivity index (χ1v) is 10.4. The predicted octanol–water partition coefficient (Wildman–Crippen LogP) is 1.42. The lowest BCUT2D eigenvalue weighted by molar-refractivity contribution is -0.116. The Bertz CT molecular complexity index is 1270. The van der Waals surface area contributed by atoms with Crippen molar-refractivity contribution in [1.29, 1.82) is 0 Å². The van der Waals surface area contributed by atoms with Gasteiger partial charge in [-0.3, -0.25) is 23.9 Å². The molecule has 156 valence electrons. The highest BCUT2D eigenvalue weighted by Gasteiger charge is 2.28. The van der Waals surface area contributed by atoms with Crippen LogP contribution in [0.25, 0.3) is 5.95 Å². The number of H-pyrrole nitrogens is 1. The normalized spacial score (nSPS) is 15.3. The Kier molecular flexibility index (Phi) is 5.06. The number of nitrogens with one attached hydrogen (secondary N) is 2. The molecular weight excluding hydrogens is 406 g/mol. The van der Waals surface area contributed by atoms with Crippen LogP contribution in [0.4, 0.5) is 5.82 Å². The first-order chi connectivity index (χ1) is 14.2. The second-order valence-corrected chi connectivity index (χ2v) is 8.29. The zero-order valence-corrected chi connectivity index (χ0v) is 17.8. The fourth-order valence-electron chi connectivity index (χ4n) is 3.26. The molecule has 0 spiro atoms. The fraction of sp³-hybridized carbons (Fsp3) is 0.368. The molecule has 0 radical (unpaired) electrons. The van der Waals surface area contributed by atoms with Crippen LogP contribution >= 0.6 is 11.8 Å². The van der Waals surface area contributed by atoms with Crippen LogP contribution in [-0.4, -0.2) is 41.0 Å². The summed E-state index contributed by atoms with van der Waals surface area (Å²) in [6.07, 6.45) is 1.68. The maximum atomic E-state index is 12.8. The summed E-state index contributed by atoms with van der Waals surface area (Å²) in [4.78, 5) is 48.7. The molecule has 0 saturated heterocycles. The monoisotopic (exact) mass is 427 g/mol. The van der Waals surface area contributed by atoms with Crippen molar-refractivity contribution in [1.82, 2.24) is 29.3 Å². The van der Waals surface area contributed by atoms with Crippen molar-refractivity contribution >= 4 is 23.5 Å². The Morgan fingerprint density at radius 3 is 2.80 bits per heavy atom. The van der Waals surface area contributed by atoms with Crippen LogP contribution in [0.1, 0.15) is 35.0 Å². The summed E-state index contributed by atoms with van der Waals surface area (Å²) < 4.78 is 2.99. The zero-order valence-electron chi connectivity index (χ0n) is 17.0. The van der Waals surface area contributed by atoms with Gasteiger partial charge in [-0.15, -0.1) is 0 Å². The van der Waals surface area contributed by atoms with E-state index < -0.39 is 0 Å². The number of aromatic nitrogens is 6. The third-order valence-corrected chi connectivity index (χ3v) is 6.12. The molecular formula is C19H21N7O3S.